The van der Waals surface area contributed by atoms with Crippen LogP contribution in [-0.2, 0) is 24.5 Å². The van der Waals surface area contributed by atoms with E-state index < -0.39 is 28.6 Å². The smallest absolute Gasteiger partial charge is 0.331 e. The van der Waals surface area contributed by atoms with Crippen molar-refractivity contribution >= 4 is 24.1 Å². The van der Waals surface area contributed by atoms with Gasteiger partial charge in [-0.05, 0) is 98.2 Å². The monoisotopic (exact) mass is 570 g/mol. The highest BCUT2D eigenvalue weighted by Gasteiger charge is 2.47. The number of fused-ring (bicyclic) bond motifs is 3. The van der Waals surface area contributed by atoms with Crippen molar-refractivity contribution in [3.8, 4) is 11.1 Å². The summed E-state index contributed by atoms with van der Waals surface area (Å²) in [6.45, 7) is 11.1. The van der Waals surface area contributed by atoms with Crippen molar-refractivity contribution in [3.05, 3.63) is 143 Å². The predicted octanol–water partition coefficient (Wildman–Crippen LogP) is 8.76. The molecule has 43 heavy (non-hydrogen) atoms. The van der Waals surface area contributed by atoms with Gasteiger partial charge in [0.15, 0.2) is 0 Å². The standard InChI is InChI=1S/C39H38O4/c1-37(2,3)42-35(40)25-23-27-15-7-11-19-31(27)39(33-21-13-9-17-29(33)30-18-10-14-22-34(30)39)32-20-12-8-16-28(32)24-26-36(41)43-38(4,5)6/h7-26H,1-6H3. The summed E-state index contributed by atoms with van der Waals surface area (Å²) in [7, 11) is 0. The first kappa shape index (κ1) is 29.8. The summed E-state index contributed by atoms with van der Waals surface area (Å²) in [6.07, 6.45) is 6.68. The number of ether oxygens (including phenoxy) is 2. The van der Waals surface area contributed by atoms with E-state index >= 15 is 0 Å². The van der Waals surface area contributed by atoms with Crippen molar-refractivity contribution in [1.29, 1.82) is 0 Å². The van der Waals surface area contributed by atoms with Crippen molar-refractivity contribution < 1.29 is 19.1 Å². The van der Waals surface area contributed by atoms with Gasteiger partial charge in [-0.2, -0.15) is 0 Å². The molecule has 1 aliphatic carbocycles. The van der Waals surface area contributed by atoms with Crippen LogP contribution in [0.5, 0.6) is 0 Å². The Hall–Kier alpha value is -4.70. The molecule has 0 heterocycles. The number of benzene rings is 4. The van der Waals surface area contributed by atoms with E-state index in [0.29, 0.717) is 0 Å². The molecule has 4 aromatic carbocycles. The van der Waals surface area contributed by atoms with E-state index in [0.717, 1.165) is 44.5 Å². The minimum absolute atomic E-state index is 0.399. The molecule has 1 aliphatic rings. The molecule has 0 N–H and O–H groups in total. The fourth-order valence-corrected chi connectivity index (χ4v) is 5.92. The molecule has 0 saturated heterocycles. The van der Waals surface area contributed by atoms with Crippen LogP contribution >= 0.6 is 0 Å². The van der Waals surface area contributed by atoms with E-state index in [1.807, 2.05) is 90.1 Å². The van der Waals surface area contributed by atoms with Gasteiger partial charge in [0.25, 0.3) is 0 Å². The van der Waals surface area contributed by atoms with Crippen molar-refractivity contribution in [2.75, 3.05) is 0 Å². The number of hydrogen-bond donors (Lipinski definition) is 0. The summed E-state index contributed by atoms with van der Waals surface area (Å²) in [5, 5.41) is 0. The first-order valence-corrected chi connectivity index (χ1v) is 14.6. The fourth-order valence-electron chi connectivity index (χ4n) is 5.92. The molecular weight excluding hydrogens is 532 g/mol. The van der Waals surface area contributed by atoms with Crippen molar-refractivity contribution in [2.24, 2.45) is 0 Å². The second-order valence-electron chi connectivity index (χ2n) is 12.7. The minimum Gasteiger partial charge on any atom is -0.457 e. The van der Waals surface area contributed by atoms with Crippen LogP contribution in [0.3, 0.4) is 0 Å². The first-order chi connectivity index (χ1) is 20.4. The maximum absolute atomic E-state index is 12.8. The second kappa shape index (κ2) is 11.5. The Morgan fingerprint density at radius 3 is 1.21 bits per heavy atom. The molecule has 4 heteroatoms. The molecule has 0 saturated carbocycles. The van der Waals surface area contributed by atoms with Gasteiger partial charge < -0.3 is 9.47 Å². The Labute approximate surface area is 254 Å². The minimum atomic E-state index is -0.739. The highest BCUT2D eigenvalue weighted by Crippen LogP contribution is 2.57. The second-order valence-corrected chi connectivity index (χ2v) is 12.7. The summed E-state index contributed by atoms with van der Waals surface area (Å²) in [5.74, 6) is -0.798. The van der Waals surface area contributed by atoms with Crippen LogP contribution in [0.2, 0.25) is 0 Å². The maximum Gasteiger partial charge on any atom is 0.331 e. The summed E-state index contributed by atoms with van der Waals surface area (Å²) < 4.78 is 11.2. The summed E-state index contributed by atoms with van der Waals surface area (Å²) >= 11 is 0. The Kier molecular flexibility index (Phi) is 7.98. The van der Waals surface area contributed by atoms with Gasteiger partial charge in [0.05, 0.1) is 5.41 Å². The van der Waals surface area contributed by atoms with Gasteiger partial charge in [-0.3, -0.25) is 0 Å². The molecule has 5 rings (SSSR count). The van der Waals surface area contributed by atoms with Gasteiger partial charge >= 0.3 is 11.9 Å². The quantitative estimate of drug-likeness (QED) is 0.151. The molecule has 0 amide bonds. The lowest BCUT2D eigenvalue weighted by Gasteiger charge is -2.36. The molecule has 0 atom stereocenters. The lowest BCUT2D eigenvalue weighted by Crippen LogP contribution is -2.30. The van der Waals surface area contributed by atoms with E-state index in [2.05, 4.69) is 60.7 Å². The Balaban J connectivity index is 1.78. The van der Waals surface area contributed by atoms with Crippen LogP contribution in [0.15, 0.2) is 109 Å². The third kappa shape index (κ3) is 6.10. The number of rotatable bonds is 6. The van der Waals surface area contributed by atoms with Crippen LogP contribution in [0.25, 0.3) is 23.3 Å². The summed E-state index contributed by atoms with van der Waals surface area (Å²) in [6, 6.07) is 33.3. The first-order valence-electron chi connectivity index (χ1n) is 14.6. The molecule has 218 valence electrons. The van der Waals surface area contributed by atoms with E-state index in [1.54, 1.807) is 0 Å². The molecule has 0 aromatic heterocycles. The van der Waals surface area contributed by atoms with Crippen LogP contribution in [0, 0.1) is 0 Å². The maximum atomic E-state index is 12.8. The summed E-state index contributed by atoms with van der Waals surface area (Å²) in [4.78, 5) is 25.5. The van der Waals surface area contributed by atoms with Crippen LogP contribution in [0.1, 0.15) is 74.9 Å². The zero-order valence-corrected chi connectivity index (χ0v) is 25.7. The average molecular weight is 571 g/mol. The Bertz CT molecular complexity index is 1600. The third-order valence-corrected chi connectivity index (χ3v) is 7.29. The van der Waals surface area contributed by atoms with E-state index in [4.69, 9.17) is 9.47 Å². The average Bonchev–Trinajstić information content (AvgIpc) is 3.25. The van der Waals surface area contributed by atoms with Crippen molar-refractivity contribution in [3.63, 3.8) is 0 Å². The van der Waals surface area contributed by atoms with Gasteiger partial charge in [0.2, 0.25) is 0 Å². The normalized spacial score (nSPS) is 14.0. The van der Waals surface area contributed by atoms with E-state index in [9.17, 15) is 9.59 Å². The molecule has 0 bridgehead atoms. The van der Waals surface area contributed by atoms with E-state index in [-0.39, 0.29) is 0 Å². The lowest BCUT2D eigenvalue weighted by molar-refractivity contribution is -0.149. The number of carbonyl (C=O) groups is 2. The molecule has 0 unspecified atom stereocenters. The van der Waals surface area contributed by atoms with Crippen molar-refractivity contribution in [2.45, 2.75) is 58.2 Å². The predicted molar refractivity (Wildman–Crippen MR) is 174 cm³/mol. The largest absolute Gasteiger partial charge is 0.457 e. The molecule has 4 nitrogen and oxygen atoms in total. The number of esters is 2. The van der Waals surface area contributed by atoms with Crippen LogP contribution in [-0.4, -0.2) is 23.1 Å². The molecular formula is C39H38O4. The topological polar surface area (TPSA) is 52.6 Å². The number of carbonyl (C=O) groups excluding carboxylic acids is 2. The highest BCUT2D eigenvalue weighted by molar-refractivity contribution is 5.92. The fraction of sp³-hybridized carbons (Fsp3) is 0.231. The Morgan fingerprint density at radius 1 is 0.512 bits per heavy atom. The molecule has 4 aromatic rings. The summed E-state index contributed by atoms with van der Waals surface area (Å²) in [5.41, 5.74) is 6.46. The third-order valence-electron chi connectivity index (χ3n) is 7.29. The SMILES string of the molecule is CC(C)(C)OC(=O)C=Cc1ccccc1C1(c2ccccc2C=CC(=O)OC(C)(C)C)c2ccccc2-c2ccccc21. The lowest BCUT2D eigenvalue weighted by atomic mass is 9.65. The molecule has 0 spiro atoms. The number of hydrogen-bond acceptors (Lipinski definition) is 4. The van der Waals surface area contributed by atoms with Gasteiger partial charge in [0.1, 0.15) is 11.2 Å². The zero-order chi connectivity index (χ0) is 30.8. The van der Waals surface area contributed by atoms with Gasteiger partial charge in [-0.25, -0.2) is 9.59 Å². The molecule has 0 aliphatic heterocycles. The van der Waals surface area contributed by atoms with Crippen LogP contribution < -0.4 is 0 Å². The van der Waals surface area contributed by atoms with Gasteiger partial charge in [-0.1, -0.05) is 97.1 Å². The van der Waals surface area contributed by atoms with Crippen LogP contribution in [0.4, 0.5) is 0 Å². The highest BCUT2D eigenvalue weighted by atomic mass is 16.6. The van der Waals surface area contributed by atoms with Crippen molar-refractivity contribution in [1.82, 2.24) is 0 Å². The molecule has 0 radical (unpaired) electrons. The zero-order valence-electron chi connectivity index (χ0n) is 25.7. The van der Waals surface area contributed by atoms with Gasteiger partial charge in [0, 0.05) is 12.2 Å². The van der Waals surface area contributed by atoms with E-state index in [1.165, 1.54) is 12.2 Å². The molecule has 0 fully saturated rings. The Morgan fingerprint density at radius 2 is 0.837 bits per heavy atom. The van der Waals surface area contributed by atoms with Gasteiger partial charge in [-0.15, -0.1) is 0 Å².